The zero-order valence-corrected chi connectivity index (χ0v) is 10.2. The van der Waals surface area contributed by atoms with Crippen molar-refractivity contribution in [3.05, 3.63) is 41.6 Å². The lowest BCUT2D eigenvalue weighted by atomic mass is 9.98. The second-order valence-electron chi connectivity index (χ2n) is 3.90. The van der Waals surface area contributed by atoms with Crippen molar-refractivity contribution in [1.82, 2.24) is 4.98 Å². The number of pyridine rings is 1. The summed E-state index contributed by atoms with van der Waals surface area (Å²) in [5.41, 5.74) is 2.71. The maximum absolute atomic E-state index is 10.9. The number of phenolic OH excluding ortho intramolecular Hbond substituents is 1. The number of methoxy groups -OCH3 is 1. The lowest BCUT2D eigenvalue weighted by Gasteiger charge is -2.11. The standard InChI is InChI=1S/C14H13NO3/c1-9-6-13(17)10(8-16)7-12(9)11-4-3-5-15-14(11)18-2/h3-8,17H,1-2H3. The van der Waals surface area contributed by atoms with Gasteiger partial charge in [0.15, 0.2) is 6.29 Å². The van der Waals surface area contributed by atoms with Crippen LogP contribution in [0.2, 0.25) is 0 Å². The van der Waals surface area contributed by atoms with Gasteiger partial charge in [0, 0.05) is 11.8 Å². The molecule has 2 aromatic rings. The van der Waals surface area contributed by atoms with Gasteiger partial charge in [-0.2, -0.15) is 0 Å². The zero-order valence-electron chi connectivity index (χ0n) is 10.2. The van der Waals surface area contributed by atoms with Gasteiger partial charge in [-0.1, -0.05) is 0 Å². The Morgan fingerprint density at radius 3 is 2.78 bits per heavy atom. The fourth-order valence-corrected chi connectivity index (χ4v) is 1.85. The monoisotopic (exact) mass is 243 g/mol. The Kier molecular flexibility index (Phi) is 3.28. The van der Waals surface area contributed by atoms with Gasteiger partial charge in [0.25, 0.3) is 0 Å². The molecule has 0 fully saturated rings. The first-order chi connectivity index (χ1) is 8.67. The van der Waals surface area contributed by atoms with Crippen molar-refractivity contribution in [3.8, 4) is 22.8 Å². The first kappa shape index (κ1) is 12.1. The van der Waals surface area contributed by atoms with Crippen molar-refractivity contribution in [2.45, 2.75) is 6.92 Å². The van der Waals surface area contributed by atoms with Crippen molar-refractivity contribution in [3.63, 3.8) is 0 Å². The molecule has 0 saturated carbocycles. The van der Waals surface area contributed by atoms with Crippen LogP contribution in [0, 0.1) is 6.92 Å². The Morgan fingerprint density at radius 1 is 1.33 bits per heavy atom. The van der Waals surface area contributed by atoms with E-state index in [-0.39, 0.29) is 11.3 Å². The number of phenols is 1. The quantitative estimate of drug-likeness (QED) is 0.842. The number of aryl methyl sites for hydroxylation is 1. The summed E-state index contributed by atoms with van der Waals surface area (Å²) in [5, 5.41) is 9.61. The molecule has 0 aliphatic rings. The van der Waals surface area contributed by atoms with Crippen LogP contribution in [0.15, 0.2) is 30.5 Å². The van der Waals surface area contributed by atoms with E-state index in [9.17, 15) is 9.90 Å². The van der Waals surface area contributed by atoms with Crippen LogP contribution in [0.1, 0.15) is 15.9 Å². The van der Waals surface area contributed by atoms with E-state index >= 15 is 0 Å². The fraction of sp³-hybridized carbons (Fsp3) is 0.143. The molecule has 0 unspecified atom stereocenters. The predicted octanol–water partition coefficient (Wildman–Crippen LogP) is 2.58. The smallest absolute Gasteiger partial charge is 0.221 e. The van der Waals surface area contributed by atoms with Crippen LogP contribution in [0.3, 0.4) is 0 Å². The summed E-state index contributed by atoms with van der Waals surface area (Å²) in [6, 6.07) is 6.85. The van der Waals surface area contributed by atoms with Gasteiger partial charge in [-0.05, 0) is 42.3 Å². The highest BCUT2D eigenvalue weighted by Crippen LogP contribution is 2.33. The Bertz CT molecular complexity index is 594. The number of aromatic hydroxyl groups is 1. The minimum Gasteiger partial charge on any atom is -0.507 e. The van der Waals surface area contributed by atoms with Gasteiger partial charge in [0.05, 0.1) is 12.7 Å². The van der Waals surface area contributed by atoms with Gasteiger partial charge in [-0.25, -0.2) is 4.98 Å². The Labute approximate surface area is 105 Å². The number of rotatable bonds is 3. The van der Waals surface area contributed by atoms with Gasteiger partial charge >= 0.3 is 0 Å². The highest BCUT2D eigenvalue weighted by atomic mass is 16.5. The van der Waals surface area contributed by atoms with Crippen LogP contribution in [-0.2, 0) is 0 Å². The maximum Gasteiger partial charge on any atom is 0.221 e. The second-order valence-corrected chi connectivity index (χ2v) is 3.90. The summed E-state index contributed by atoms with van der Waals surface area (Å²) in [5.74, 6) is 0.470. The van der Waals surface area contributed by atoms with E-state index in [1.54, 1.807) is 31.5 Å². The average molecular weight is 243 g/mol. The summed E-state index contributed by atoms with van der Waals surface area (Å²) in [6.45, 7) is 1.86. The van der Waals surface area contributed by atoms with Crippen molar-refractivity contribution in [2.24, 2.45) is 0 Å². The Morgan fingerprint density at radius 2 is 2.11 bits per heavy atom. The van der Waals surface area contributed by atoms with Crippen LogP contribution >= 0.6 is 0 Å². The second kappa shape index (κ2) is 4.87. The van der Waals surface area contributed by atoms with E-state index in [2.05, 4.69) is 4.98 Å². The topological polar surface area (TPSA) is 59.4 Å². The third-order valence-electron chi connectivity index (χ3n) is 2.76. The van der Waals surface area contributed by atoms with Gasteiger partial charge in [0.1, 0.15) is 5.75 Å². The Balaban J connectivity index is 2.67. The van der Waals surface area contributed by atoms with Crippen molar-refractivity contribution >= 4 is 6.29 Å². The summed E-state index contributed by atoms with van der Waals surface area (Å²) >= 11 is 0. The van der Waals surface area contributed by atoms with Gasteiger partial charge in [-0.3, -0.25) is 4.79 Å². The van der Waals surface area contributed by atoms with E-state index < -0.39 is 0 Å². The summed E-state index contributed by atoms with van der Waals surface area (Å²) in [4.78, 5) is 15.0. The Hall–Kier alpha value is -2.36. The van der Waals surface area contributed by atoms with E-state index in [0.29, 0.717) is 12.2 Å². The number of hydrogen-bond donors (Lipinski definition) is 1. The minimum absolute atomic E-state index is 0.0193. The van der Waals surface area contributed by atoms with E-state index in [1.165, 1.54) is 0 Å². The molecule has 0 aliphatic carbocycles. The largest absolute Gasteiger partial charge is 0.507 e. The molecule has 0 saturated heterocycles. The number of benzene rings is 1. The van der Waals surface area contributed by atoms with Crippen LogP contribution < -0.4 is 4.74 Å². The molecule has 1 aromatic heterocycles. The molecule has 0 amide bonds. The van der Waals surface area contributed by atoms with Crippen molar-refractivity contribution in [2.75, 3.05) is 7.11 Å². The summed E-state index contributed by atoms with van der Waals surface area (Å²) < 4.78 is 5.20. The molecule has 4 heteroatoms. The predicted molar refractivity (Wildman–Crippen MR) is 68.0 cm³/mol. The molecule has 18 heavy (non-hydrogen) atoms. The highest BCUT2D eigenvalue weighted by molar-refractivity contribution is 5.84. The molecule has 2 rings (SSSR count). The first-order valence-corrected chi connectivity index (χ1v) is 5.45. The number of nitrogens with zero attached hydrogens (tertiary/aromatic N) is 1. The molecule has 1 N–H and O–H groups in total. The summed E-state index contributed by atoms with van der Waals surface area (Å²) in [6.07, 6.45) is 2.26. The molecule has 92 valence electrons. The molecule has 0 atom stereocenters. The fourth-order valence-electron chi connectivity index (χ4n) is 1.85. The van der Waals surface area contributed by atoms with Crippen LogP contribution in [0.5, 0.6) is 11.6 Å². The lowest BCUT2D eigenvalue weighted by molar-refractivity contribution is 0.112. The van der Waals surface area contributed by atoms with Crippen molar-refractivity contribution < 1.29 is 14.6 Å². The molecule has 0 spiro atoms. The third kappa shape index (κ3) is 2.05. The molecule has 0 aliphatic heterocycles. The van der Waals surface area contributed by atoms with Crippen LogP contribution in [0.4, 0.5) is 0 Å². The van der Waals surface area contributed by atoms with E-state index in [0.717, 1.165) is 16.7 Å². The van der Waals surface area contributed by atoms with Gasteiger partial charge in [-0.15, -0.1) is 0 Å². The molecule has 4 nitrogen and oxygen atoms in total. The van der Waals surface area contributed by atoms with Gasteiger partial charge < -0.3 is 9.84 Å². The first-order valence-electron chi connectivity index (χ1n) is 5.45. The molecular weight excluding hydrogens is 230 g/mol. The number of hydrogen-bond acceptors (Lipinski definition) is 4. The maximum atomic E-state index is 10.9. The number of aldehydes is 1. The third-order valence-corrected chi connectivity index (χ3v) is 2.76. The summed E-state index contributed by atoms with van der Waals surface area (Å²) in [7, 11) is 1.54. The normalized spacial score (nSPS) is 10.1. The van der Waals surface area contributed by atoms with E-state index in [4.69, 9.17) is 4.74 Å². The van der Waals surface area contributed by atoms with Crippen LogP contribution in [0.25, 0.3) is 11.1 Å². The van der Waals surface area contributed by atoms with Crippen molar-refractivity contribution in [1.29, 1.82) is 0 Å². The number of carbonyl (C=O) groups excluding carboxylic acids is 1. The molecule has 0 bridgehead atoms. The number of ether oxygens (including phenoxy) is 1. The minimum atomic E-state index is -0.0193. The number of aromatic nitrogens is 1. The molecule has 1 aromatic carbocycles. The van der Waals surface area contributed by atoms with Crippen LogP contribution in [-0.4, -0.2) is 23.5 Å². The SMILES string of the molecule is COc1ncccc1-c1cc(C=O)c(O)cc1C. The lowest BCUT2D eigenvalue weighted by Crippen LogP contribution is -1.94. The zero-order chi connectivity index (χ0) is 13.1. The average Bonchev–Trinajstić information content (AvgIpc) is 2.39. The molecule has 1 heterocycles. The van der Waals surface area contributed by atoms with Gasteiger partial charge in [0.2, 0.25) is 5.88 Å². The highest BCUT2D eigenvalue weighted by Gasteiger charge is 2.12. The number of carbonyl (C=O) groups is 1. The molecular formula is C14H13NO3. The molecule has 0 radical (unpaired) electrons. The van der Waals surface area contributed by atoms with E-state index in [1.807, 2.05) is 13.0 Å².